The van der Waals surface area contributed by atoms with Gasteiger partial charge in [-0.25, -0.2) is 4.98 Å². The van der Waals surface area contributed by atoms with Crippen LogP contribution in [0.5, 0.6) is 0 Å². The number of carbonyl (C=O) groups excluding carboxylic acids is 1. The number of nitrogens with one attached hydrogen (secondary N) is 1. The summed E-state index contributed by atoms with van der Waals surface area (Å²) in [5.41, 5.74) is 2.41. The quantitative estimate of drug-likeness (QED) is 0.292. The topological polar surface area (TPSA) is 85.1 Å². The van der Waals surface area contributed by atoms with Crippen molar-refractivity contribution >= 4 is 50.1 Å². The summed E-state index contributed by atoms with van der Waals surface area (Å²) < 4.78 is 0.990. The second-order valence-corrected chi connectivity index (χ2v) is 7.83. The van der Waals surface area contributed by atoms with E-state index in [1.165, 1.54) is 35.6 Å². The first kappa shape index (κ1) is 19.9. The first-order valence-corrected chi connectivity index (χ1v) is 10.1. The number of thiazole rings is 1. The molecule has 1 heterocycles. The Morgan fingerprint density at radius 1 is 1.29 bits per heavy atom. The van der Waals surface area contributed by atoms with E-state index >= 15 is 0 Å². The van der Waals surface area contributed by atoms with Crippen LogP contribution < -0.4 is 5.32 Å². The summed E-state index contributed by atoms with van der Waals surface area (Å²) >= 11 is 4.86. The van der Waals surface area contributed by atoms with Gasteiger partial charge in [-0.3, -0.25) is 20.2 Å². The van der Waals surface area contributed by atoms with Gasteiger partial charge in [-0.15, -0.1) is 11.3 Å². The Morgan fingerprint density at radius 2 is 2.04 bits per heavy atom. The van der Waals surface area contributed by atoms with Crippen LogP contribution in [0.25, 0.3) is 17.3 Å². The third-order valence-electron chi connectivity index (χ3n) is 3.87. The number of benzene rings is 2. The van der Waals surface area contributed by atoms with Gasteiger partial charge in [-0.2, -0.15) is 0 Å². The Balaban J connectivity index is 1.74. The molecule has 0 fully saturated rings. The highest BCUT2D eigenvalue weighted by molar-refractivity contribution is 9.10. The summed E-state index contributed by atoms with van der Waals surface area (Å²) in [7, 11) is 0. The number of aromatic nitrogens is 1. The molecular weight excluding hydrogens is 442 g/mol. The van der Waals surface area contributed by atoms with Crippen molar-refractivity contribution in [1.29, 1.82) is 0 Å². The molecule has 0 radical (unpaired) electrons. The van der Waals surface area contributed by atoms with Crippen molar-refractivity contribution in [1.82, 2.24) is 4.98 Å². The van der Waals surface area contributed by atoms with Crippen LogP contribution in [-0.2, 0) is 11.2 Å². The van der Waals surface area contributed by atoms with Crippen molar-refractivity contribution < 1.29 is 9.72 Å². The SMILES string of the molecule is CCc1sc(NC(=O)/C=C/c2cccc([N+](=O)[O-])c2)nc1-c1ccc(Br)cc1. The van der Waals surface area contributed by atoms with E-state index in [4.69, 9.17) is 0 Å². The zero-order valence-electron chi connectivity index (χ0n) is 14.9. The number of amides is 1. The number of nitro benzene ring substituents is 1. The number of hydrogen-bond acceptors (Lipinski definition) is 5. The van der Waals surface area contributed by atoms with E-state index in [2.05, 4.69) is 26.2 Å². The molecule has 1 amide bonds. The van der Waals surface area contributed by atoms with Crippen molar-refractivity contribution in [3.05, 3.63) is 79.6 Å². The molecule has 1 N–H and O–H groups in total. The molecule has 0 aliphatic heterocycles. The highest BCUT2D eigenvalue weighted by atomic mass is 79.9. The zero-order valence-corrected chi connectivity index (χ0v) is 17.3. The van der Waals surface area contributed by atoms with Crippen LogP contribution in [-0.4, -0.2) is 15.8 Å². The van der Waals surface area contributed by atoms with E-state index in [1.807, 2.05) is 31.2 Å². The first-order chi connectivity index (χ1) is 13.5. The molecular formula is C20H16BrN3O3S. The third-order valence-corrected chi connectivity index (χ3v) is 5.52. The Morgan fingerprint density at radius 3 is 2.71 bits per heavy atom. The fourth-order valence-corrected chi connectivity index (χ4v) is 3.73. The molecule has 0 aliphatic carbocycles. The molecule has 0 unspecified atom stereocenters. The van der Waals surface area contributed by atoms with Crippen LogP contribution in [0.15, 0.2) is 59.1 Å². The number of carbonyl (C=O) groups is 1. The van der Waals surface area contributed by atoms with Gasteiger partial charge in [0.05, 0.1) is 10.6 Å². The smallest absolute Gasteiger partial charge is 0.270 e. The molecule has 3 aromatic rings. The van der Waals surface area contributed by atoms with Crippen molar-refractivity contribution in [3.63, 3.8) is 0 Å². The normalized spacial score (nSPS) is 10.9. The van der Waals surface area contributed by atoms with Crippen LogP contribution in [0, 0.1) is 10.1 Å². The summed E-state index contributed by atoms with van der Waals surface area (Å²) in [5.74, 6) is -0.342. The van der Waals surface area contributed by atoms with Gasteiger partial charge in [0, 0.05) is 33.1 Å². The molecule has 0 aliphatic rings. The lowest BCUT2D eigenvalue weighted by Crippen LogP contribution is -2.07. The summed E-state index contributed by atoms with van der Waals surface area (Å²) in [5, 5.41) is 14.1. The predicted octanol–water partition coefficient (Wildman–Crippen LogP) is 5.70. The van der Waals surface area contributed by atoms with Gasteiger partial charge in [0.1, 0.15) is 0 Å². The Kier molecular flexibility index (Phi) is 6.33. The average Bonchev–Trinajstić information content (AvgIpc) is 3.10. The number of aryl methyl sites for hydroxylation is 1. The molecule has 8 heteroatoms. The number of hydrogen-bond donors (Lipinski definition) is 1. The fourth-order valence-electron chi connectivity index (χ4n) is 2.54. The van der Waals surface area contributed by atoms with Crippen LogP contribution in [0.4, 0.5) is 10.8 Å². The molecule has 0 spiro atoms. The molecule has 142 valence electrons. The maximum absolute atomic E-state index is 12.2. The molecule has 6 nitrogen and oxygen atoms in total. The lowest BCUT2D eigenvalue weighted by Gasteiger charge is -2.00. The highest BCUT2D eigenvalue weighted by Crippen LogP contribution is 2.32. The molecule has 28 heavy (non-hydrogen) atoms. The second-order valence-electron chi connectivity index (χ2n) is 5.83. The van der Waals surface area contributed by atoms with Gasteiger partial charge in [-0.1, -0.05) is 47.1 Å². The van der Waals surface area contributed by atoms with Crippen LogP contribution >= 0.6 is 27.3 Å². The number of nitro groups is 1. The lowest BCUT2D eigenvalue weighted by atomic mass is 10.1. The fraction of sp³-hybridized carbons (Fsp3) is 0.100. The number of rotatable bonds is 6. The maximum atomic E-state index is 12.2. The molecule has 3 rings (SSSR count). The van der Waals surface area contributed by atoms with E-state index in [1.54, 1.807) is 12.1 Å². The van der Waals surface area contributed by atoms with E-state index in [0.29, 0.717) is 10.7 Å². The number of nitrogens with zero attached hydrogens (tertiary/aromatic N) is 2. The van der Waals surface area contributed by atoms with Gasteiger partial charge in [0.25, 0.3) is 5.69 Å². The van der Waals surface area contributed by atoms with Gasteiger partial charge >= 0.3 is 0 Å². The van der Waals surface area contributed by atoms with Gasteiger partial charge in [0.15, 0.2) is 5.13 Å². The van der Waals surface area contributed by atoms with Gasteiger partial charge in [-0.05, 0) is 30.2 Å². The second kappa shape index (κ2) is 8.90. The molecule has 0 saturated heterocycles. The van der Waals surface area contributed by atoms with Crippen molar-refractivity contribution in [3.8, 4) is 11.3 Å². The van der Waals surface area contributed by atoms with E-state index in [9.17, 15) is 14.9 Å². The van der Waals surface area contributed by atoms with Gasteiger partial charge in [0.2, 0.25) is 5.91 Å². The molecule has 0 saturated carbocycles. The number of anilines is 1. The van der Waals surface area contributed by atoms with Crippen molar-refractivity contribution in [2.45, 2.75) is 13.3 Å². The van der Waals surface area contributed by atoms with Crippen LogP contribution in [0.3, 0.4) is 0 Å². The highest BCUT2D eigenvalue weighted by Gasteiger charge is 2.13. The molecule has 2 aromatic carbocycles. The molecule has 0 atom stereocenters. The predicted molar refractivity (Wildman–Crippen MR) is 115 cm³/mol. The van der Waals surface area contributed by atoms with Crippen LogP contribution in [0.1, 0.15) is 17.4 Å². The minimum atomic E-state index is -0.469. The van der Waals surface area contributed by atoms with Crippen LogP contribution in [0.2, 0.25) is 0 Å². The Labute approximate surface area is 174 Å². The Hall–Kier alpha value is -2.84. The zero-order chi connectivity index (χ0) is 20.1. The molecule has 0 bridgehead atoms. The summed E-state index contributed by atoms with van der Waals surface area (Å²) in [4.78, 5) is 28.2. The minimum absolute atomic E-state index is 0.0193. The van der Waals surface area contributed by atoms with E-state index in [-0.39, 0.29) is 11.6 Å². The van der Waals surface area contributed by atoms with E-state index in [0.717, 1.165) is 27.0 Å². The van der Waals surface area contributed by atoms with Crippen molar-refractivity contribution in [2.75, 3.05) is 5.32 Å². The average molecular weight is 458 g/mol. The van der Waals surface area contributed by atoms with Gasteiger partial charge < -0.3 is 0 Å². The minimum Gasteiger partial charge on any atom is -0.298 e. The lowest BCUT2D eigenvalue weighted by molar-refractivity contribution is -0.384. The summed E-state index contributed by atoms with van der Waals surface area (Å²) in [6.07, 6.45) is 3.68. The maximum Gasteiger partial charge on any atom is 0.270 e. The van der Waals surface area contributed by atoms with Crippen molar-refractivity contribution in [2.24, 2.45) is 0 Å². The molecule has 1 aromatic heterocycles. The summed E-state index contributed by atoms with van der Waals surface area (Å²) in [6.45, 7) is 2.05. The number of halogens is 1. The summed E-state index contributed by atoms with van der Waals surface area (Å²) in [6, 6.07) is 14.0. The first-order valence-electron chi connectivity index (χ1n) is 8.45. The Bertz CT molecular complexity index is 1050. The monoisotopic (exact) mass is 457 g/mol. The largest absolute Gasteiger partial charge is 0.298 e. The standard InChI is InChI=1S/C20H16BrN3O3S/c1-2-17-19(14-7-9-15(21)10-8-14)23-20(28-17)22-18(25)11-6-13-4-3-5-16(12-13)24(26)27/h3-12H,2H2,1H3,(H,22,23,25)/b11-6+. The van der Waals surface area contributed by atoms with E-state index < -0.39 is 4.92 Å². The number of non-ortho nitro benzene ring substituents is 1. The third kappa shape index (κ3) is 4.90.